The van der Waals surface area contributed by atoms with E-state index < -0.39 is 0 Å². The zero-order valence-electron chi connectivity index (χ0n) is 14.3. The fourth-order valence-electron chi connectivity index (χ4n) is 0.531. The van der Waals surface area contributed by atoms with E-state index in [2.05, 4.69) is 13.5 Å². The summed E-state index contributed by atoms with van der Waals surface area (Å²) in [6.07, 6.45) is 7.19. The summed E-state index contributed by atoms with van der Waals surface area (Å²) in [6, 6.07) is 0. The summed E-state index contributed by atoms with van der Waals surface area (Å²) in [7, 11) is 0. The maximum absolute atomic E-state index is 9.56. The number of aliphatic hydroxyl groups is 1. The molecule has 132 valence electrons. The second-order valence-electron chi connectivity index (χ2n) is 3.83. The molecule has 0 aliphatic heterocycles. The van der Waals surface area contributed by atoms with E-state index in [1.54, 1.807) is 6.08 Å². The smallest absolute Gasteiger partial charge is 0.120 e. The van der Waals surface area contributed by atoms with E-state index in [4.69, 9.17) is 10.8 Å². The third-order valence-corrected chi connectivity index (χ3v) is 2.02. The number of aldehydes is 2. The molecule has 0 spiro atoms. The minimum atomic E-state index is 0. The Morgan fingerprint density at radius 1 is 1.19 bits per heavy atom. The van der Waals surface area contributed by atoms with Crippen LogP contribution in [0.2, 0.25) is 0 Å². The van der Waals surface area contributed by atoms with Crippen LogP contribution in [0.3, 0.4) is 0 Å². The zero-order chi connectivity index (χ0) is 16.6. The number of carbonyl (C=O) groups is 2. The van der Waals surface area contributed by atoms with E-state index in [1.165, 1.54) is 0 Å². The summed E-state index contributed by atoms with van der Waals surface area (Å²) in [5.41, 5.74) is 5.07. The lowest BCUT2D eigenvalue weighted by molar-refractivity contribution is -0.108. The second kappa shape index (κ2) is 42.8. The molecule has 0 saturated heterocycles. The highest BCUT2D eigenvalue weighted by molar-refractivity contribution is 5.52. The Hall–Kier alpha value is -1.04. The van der Waals surface area contributed by atoms with E-state index in [0.717, 1.165) is 32.0 Å². The first-order valence-corrected chi connectivity index (χ1v) is 7.43. The summed E-state index contributed by atoms with van der Waals surface area (Å²) in [6.45, 7) is 12.6. The lowest BCUT2D eigenvalue weighted by Crippen LogP contribution is -1.96. The third kappa shape index (κ3) is 67.9. The summed E-state index contributed by atoms with van der Waals surface area (Å²) < 4.78 is 0. The maximum Gasteiger partial charge on any atom is 0.120 e. The summed E-state index contributed by atoms with van der Waals surface area (Å²) in [5, 5.41) is 8.33. The van der Waals surface area contributed by atoms with E-state index in [-0.39, 0.29) is 6.90 Å². The van der Waals surface area contributed by atoms with Crippen molar-refractivity contribution in [3.8, 4) is 0 Å². The fraction of sp³-hybridized carbons (Fsp3) is 0.750. The summed E-state index contributed by atoms with van der Waals surface area (Å²) >= 11 is 0. The average molecular weight is 309 g/mol. The molecule has 21 heavy (non-hydrogen) atoms. The molecule has 1 unspecified atom stereocenters. The number of aliphatic hydroxyl groups excluding tert-OH is 1. The van der Waals surface area contributed by atoms with E-state index >= 15 is 0 Å². The monoisotopic (exact) mass is 309 g/mol. The van der Waals surface area contributed by atoms with Gasteiger partial charge in [0.15, 0.2) is 0 Å². The van der Waals surface area contributed by atoms with Gasteiger partial charge in [-0.25, -0.2) is 0 Å². The summed E-state index contributed by atoms with van der Waals surface area (Å²) in [4.78, 5) is 19.1. The molecule has 0 fully saturated rings. The Balaban J connectivity index is -0.0000000399. The largest absolute Gasteiger partial charge is 0.412 e. The number of hydrogen-bond donors (Lipinski definition) is 2. The minimum absolute atomic E-state index is 0. The number of nitrogens with two attached hydrogens (primary N) is 1. The van der Waals surface area contributed by atoms with Crippen molar-refractivity contribution in [2.45, 2.75) is 59.8 Å². The molecule has 0 aromatic carbocycles. The normalized spacial score (nSPS) is 8.86. The Kier molecular flexibility index (Phi) is 65.3. The molecule has 0 saturated carbocycles. The van der Waals surface area contributed by atoms with Crippen molar-refractivity contribution >= 4 is 12.6 Å². The second-order valence-corrected chi connectivity index (χ2v) is 3.83. The van der Waals surface area contributed by atoms with Gasteiger partial charge in [-0.05, 0) is 25.3 Å². The van der Waals surface area contributed by atoms with Crippen LogP contribution >= 0.6 is 0 Å². The predicted molar refractivity (Wildman–Crippen MR) is 93.5 cm³/mol. The molecule has 5 N–H and O–H groups in total. The lowest BCUT2D eigenvalue weighted by Gasteiger charge is -1.98. The minimum Gasteiger partial charge on any atom is -0.412 e. The van der Waals surface area contributed by atoms with Crippen molar-refractivity contribution in [1.82, 2.24) is 0 Å². The van der Waals surface area contributed by atoms with Gasteiger partial charge in [0.1, 0.15) is 12.6 Å². The van der Waals surface area contributed by atoms with Gasteiger partial charge in [-0.1, -0.05) is 40.2 Å². The van der Waals surface area contributed by atoms with Gasteiger partial charge in [0.25, 0.3) is 0 Å². The highest BCUT2D eigenvalue weighted by Crippen LogP contribution is 1.95. The van der Waals surface area contributed by atoms with Gasteiger partial charge in [-0.3, -0.25) is 0 Å². The van der Waals surface area contributed by atoms with Crippen LogP contribution in [0.15, 0.2) is 12.7 Å². The van der Waals surface area contributed by atoms with Crippen LogP contribution < -0.4 is 5.73 Å². The van der Waals surface area contributed by atoms with Crippen LogP contribution in [0, 0.1) is 5.92 Å². The molecule has 0 aliphatic carbocycles. The van der Waals surface area contributed by atoms with E-state index in [9.17, 15) is 9.59 Å². The van der Waals surface area contributed by atoms with Gasteiger partial charge in [-0.2, -0.15) is 0 Å². The molecular weight excluding hydrogens is 270 g/mol. The number of unbranched alkanes of at least 4 members (excludes halogenated alkanes) is 2. The van der Waals surface area contributed by atoms with Crippen LogP contribution in [0.5, 0.6) is 0 Å². The first-order valence-electron chi connectivity index (χ1n) is 7.43. The lowest BCUT2D eigenvalue weighted by atomic mass is 10.1. The molecule has 0 heterocycles. The van der Waals surface area contributed by atoms with Crippen LogP contribution in [-0.4, -0.2) is 36.3 Å². The molecule has 0 aromatic heterocycles. The van der Waals surface area contributed by atoms with Crippen molar-refractivity contribution in [2.75, 3.05) is 13.2 Å². The van der Waals surface area contributed by atoms with Crippen molar-refractivity contribution in [2.24, 2.45) is 11.7 Å². The van der Waals surface area contributed by atoms with Gasteiger partial charge in [0.2, 0.25) is 0 Å². The van der Waals surface area contributed by atoms with E-state index in [1.807, 2.05) is 20.8 Å². The first-order chi connectivity index (χ1) is 9.64. The van der Waals surface area contributed by atoms with Crippen molar-refractivity contribution in [3.05, 3.63) is 12.7 Å². The fourth-order valence-corrected chi connectivity index (χ4v) is 0.531. The Labute approximate surface area is 132 Å². The highest BCUT2D eigenvalue weighted by Gasteiger charge is 1.90. The SMILES string of the molecule is C=CCCN.CC.CCC(C)CO.O.O=CCCCC=O.[HH]. The predicted octanol–water partition coefficient (Wildman–Crippen LogP) is 2.55. The molecule has 0 bridgehead atoms. The Bertz CT molecular complexity index is 170. The van der Waals surface area contributed by atoms with Crippen LogP contribution in [0.4, 0.5) is 0 Å². The molecule has 5 nitrogen and oxygen atoms in total. The standard InChI is InChI=1S/C5H8O2.C5H12O.C4H9N.C2H6.H2O.H2/c6-4-2-1-3-5-7;1-3-5(2)4-6;1-2-3-4-5;1-2;;/h4-5H,1-3H2;5-6H,3-4H2,1-2H3;2H,1,3-5H2;1-2H3;1H2;1H. The van der Waals surface area contributed by atoms with Gasteiger partial charge < -0.3 is 25.9 Å². The summed E-state index contributed by atoms with van der Waals surface area (Å²) in [5.74, 6) is 0.491. The Morgan fingerprint density at radius 3 is 1.71 bits per heavy atom. The zero-order valence-corrected chi connectivity index (χ0v) is 14.3. The molecule has 0 rings (SSSR count). The van der Waals surface area contributed by atoms with Crippen molar-refractivity contribution in [3.63, 3.8) is 0 Å². The van der Waals surface area contributed by atoms with Gasteiger partial charge in [0.05, 0.1) is 0 Å². The number of hydrogen-bond acceptors (Lipinski definition) is 4. The van der Waals surface area contributed by atoms with Crippen LogP contribution in [-0.2, 0) is 9.59 Å². The van der Waals surface area contributed by atoms with Crippen LogP contribution in [0.1, 0.15) is 61.2 Å². The van der Waals surface area contributed by atoms with Gasteiger partial charge >= 0.3 is 0 Å². The van der Waals surface area contributed by atoms with Gasteiger partial charge in [-0.15, -0.1) is 6.58 Å². The molecule has 1 atom stereocenters. The molecule has 0 aromatic rings. The Morgan fingerprint density at radius 2 is 1.62 bits per heavy atom. The molecule has 5 heteroatoms. The first kappa shape index (κ1) is 32.1. The average Bonchev–Trinajstić information content (AvgIpc) is 2.51. The van der Waals surface area contributed by atoms with Crippen LogP contribution in [0.25, 0.3) is 0 Å². The molecule has 0 radical (unpaired) electrons. The molecular formula is C16H39NO4. The third-order valence-electron chi connectivity index (χ3n) is 2.02. The van der Waals surface area contributed by atoms with E-state index in [0.29, 0.717) is 31.8 Å². The quantitative estimate of drug-likeness (QED) is 0.407. The van der Waals surface area contributed by atoms with Gasteiger partial charge in [0, 0.05) is 20.9 Å². The van der Waals surface area contributed by atoms with Crippen molar-refractivity contribution < 1.29 is 21.6 Å². The molecule has 0 amide bonds. The van der Waals surface area contributed by atoms with Crippen molar-refractivity contribution in [1.29, 1.82) is 0 Å². The highest BCUT2D eigenvalue weighted by atomic mass is 16.3. The number of rotatable bonds is 8. The topological polar surface area (TPSA) is 112 Å². The molecule has 0 aliphatic rings. The number of carbonyl (C=O) groups excluding carboxylic acids is 2. The maximum atomic E-state index is 9.56.